The van der Waals surface area contributed by atoms with Gasteiger partial charge in [-0.05, 0) is 86.0 Å². The Morgan fingerprint density at radius 2 is 1.10 bits per heavy atom. The lowest BCUT2D eigenvalue weighted by molar-refractivity contribution is 0.447. The first-order valence-corrected chi connectivity index (χ1v) is 14.4. The number of benzene rings is 2. The number of phenolic OH excluding ortho intramolecular Hbond substituents is 1. The Morgan fingerprint density at radius 3 is 1.50 bits per heavy atom. The van der Waals surface area contributed by atoms with E-state index in [1.165, 1.54) is 22.3 Å². The van der Waals surface area contributed by atoms with Crippen molar-refractivity contribution < 1.29 is 9.53 Å². The van der Waals surface area contributed by atoms with E-state index >= 15 is 0 Å². The SMILES string of the molecule is Cc1cc(C(C)(C)C)c(O)c(-c2c(C)c(C)cc(C(C)(C)C)c2O[Si](C)(C)C)c1C. The highest BCUT2D eigenvalue weighted by Gasteiger charge is 2.32. The molecular formula is C27H42O2Si. The average Bonchev–Trinajstić information content (AvgIpc) is 2.53. The summed E-state index contributed by atoms with van der Waals surface area (Å²) >= 11 is 0. The zero-order chi connectivity index (χ0) is 23.4. The Bertz CT molecular complexity index is 965. The van der Waals surface area contributed by atoms with Gasteiger partial charge in [0.15, 0.2) is 0 Å². The molecular weight excluding hydrogens is 384 g/mol. The molecule has 2 aromatic rings. The second-order valence-electron chi connectivity index (χ2n) is 11.9. The smallest absolute Gasteiger partial charge is 0.242 e. The molecule has 0 amide bonds. The molecule has 0 radical (unpaired) electrons. The third kappa shape index (κ3) is 4.77. The van der Waals surface area contributed by atoms with Gasteiger partial charge in [-0.3, -0.25) is 0 Å². The van der Waals surface area contributed by atoms with Gasteiger partial charge in [0.05, 0.1) is 0 Å². The first-order valence-electron chi connectivity index (χ1n) is 11.0. The monoisotopic (exact) mass is 426 g/mol. The summed E-state index contributed by atoms with van der Waals surface area (Å²) in [6.07, 6.45) is 0. The van der Waals surface area contributed by atoms with Crippen molar-refractivity contribution in [1.82, 2.24) is 0 Å². The predicted molar refractivity (Wildman–Crippen MR) is 134 cm³/mol. The van der Waals surface area contributed by atoms with Gasteiger partial charge in [0, 0.05) is 16.7 Å². The third-order valence-electron chi connectivity index (χ3n) is 5.89. The molecule has 1 N–H and O–H groups in total. The summed E-state index contributed by atoms with van der Waals surface area (Å²) in [4.78, 5) is 0. The Labute approximate surface area is 185 Å². The normalized spacial score (nSPS) is 13.0. The van der Waals surface area contributed by atoms with E-state index in [1.807, 2.05) is 0 Å². The molecule has 2 aromatic carbocycles. The maximum atomic E-state index is 11.6. The second-order valence-corrected chi connectivity index (χ2v) is 16.3. The first kappa shape index (κ1) is 24.5. The van der Waals surface area contributed by atoms with Gasteiger partial charge in [0.1, 0.15) is 11.5 Å². The fraction of sp³-hybridized carbons (Fsp3) is 0.556. The third-order valence-corrected chi connectivity index (χ3v) is 6.71. The van der Waals surface area contributed by atoms with Gasteiger partial charge in [-0.15, -0.1) is 0 Å². The Hall–Kier alpha value is -1.74. The molecule has 0 aromatic heterocycles. The molecule has 0 spiro atoms. The van der Waals surface area contributed by atoms with E-state index in [9.17, 15) is 5.11 Å². The summed E-state index contributed by atoms with van der Waals surface area (Å²) in [5.41, 5.74) is 8.70. The van der Waals surface area contributed by atoms with Gasteiger partial charge in [0.2, 0.25) is 8.32 Å². The number of hydrogen-bond acceptors (Lipinski definition) is 2. The Kier molecular flexibility index (Phi) is 6.33. The van der Waals surface area contributed by atoms with Crippen LogP contribution in [-0.2, 0) is 10.8 Å². The maximum Gasteiger partial charge on any atom is 0.242 e. The summed E-state index contributed by atoms with van der Waals surface area (Å²) in [6.45, 7) is 28.4. The van der Waals surface area contributed by atoms with Crippen LogP contribution in [0.1, 0.15) is 74.9 Å². The largest absolute Gasteiger partial charge is 0.544 e. The highest BCUT2D eigenvalue weighted by Crippen LogP contribution is 2.50. The highest BCUT2D eigenvalue weighted by molar-refractivity contribution is 6.70. The van der Waals surface area contributed by atoms with Crippen molar-refractivity contribution in [3.8, 4) is 22.6 Å². The van der Waals surface area contributed by atoms with Crippen molar-refractivity contribution in [2.24, 2.45) is 0 Å². The molecule has 3 heteroatoms. The number of hydrogen-bond donors (Lipinski definition) is 1. The molecule has 0 saturated heterocycles. The Balaban J connectivity index is 3.12. The van der Waals surface area contributed by atoms with E-state index in [1.54, 1.807) is 0 Å². The van der Waals surface area contributed by atoms with E-state index in [0.717, 1.165) is 28.0 Å². The van der Waals surface area contributed by atoms with Gasteiger partial charge < -0.3 is 9.53 Å². The second kappa shape index (κ2) is 7.75. The molecule has 0 fully saturated rings. The van der Waals surface area contributed by atoms with Crippen LogP contribution in [-0.4, -0.2) is 13.4 Å². The van der Waals surface area contributed by atoms with Crippen molar-refractivity contribution in [2.75, 3.05) is 0 Å². The molecule has 0 bridgehead atoms. The molecule has 0 saturated carbocycles. The topological polar surface area (TPSA) is 29.5 Å². The van der Waals surface area contributed by atoms with Gasteiger partial charge in [-0.2, -0.15) is 0 Å². The van der Waals surface area contributed by atoms with Crippen LogP contribution in [0.3, 0.4) is 0 Å². The van der Waals surface area contributed by atoms with Crippen LogP contribution < -0.4 is 4.43 Å². The van der Waals surface area contributed by atoms with Crippen molar-refractivity contribution in [3.63, 3.8) is 0 Å². The van der Waals surface area contributed by atoms with Crippen LogP contribution in [0.4, 0.5) is 0 Å². The zero-order valence-corrected chi connectivity index (χ0v) is 22.5. The van der Waals surface area contributed by atoms with Crippen LogP contribution in [0.5, 0.6) is 11.5 Å². The van der Waals surface area contributed by atoms with Crippen LogP contribution >= 0.6 is 0 Å². The van der Waals surface area contributed by atoms with Crippen LogP contribution in [0.15, 0.2) is 12.1 Å². The van der Waals surface area contributed by atoms with E-state index < -0.39 is 8.32 Å². The van der Waals surface area contributed by atoms with Crippen molar-refractivity contribution in [3.05, 3.63) is 45.5 Å². The molecule has 0 aliphatic carbocycles. The minimum absolute atomic E-state index is 0.0671. The van der Waals surface area contributed by atoms with E-state index in [0.29, 0.717) is 5.75 Å². The average molecular weight is 427 g/mol. The minimum Gasteiger partial charge on any atom is -0.544 e. The molecule has 0 atom stereocenters. The minimum atomic E-state index is -1.89. The number of aryl methyl sites for hydroxylation is 2. The van der Waals surface area contributed by atoms with Gasteiger partial charge in [0.25, 0.3) is 0 Å². The summed E-state index contributed by atoms with van der Waals surface area (Å²) in [5, 5.41) is 11.6. The molecule has 0 unspecified atom stereocenters. The number of rotatable bonds is 3. The predicted octanol–water partition coefficient (Wildman–Crippen LogP) is 8.10. The van der Waals surface area contributed by atoms with Crippen molar-refractivity contribution >= 4 is 8.32 Å². The Morgan fingerprint density at radius 1 is 0.700 bits per heavy atom. The molecule has 2 rings (SSSR count). The quantitative estimate of drug-likeness (QED) is 0.502. The van der Waals surface area contributed by atoms with Gasteiger partial charge in [-0.25, -0.2) is 0 Å². The molecule has 2 nitrogen and oxygen atoms in total. The molecule has 0 aliphatic heterocycles. The lowest BCUT2D eigenvalue weighted by Crippen LogP contribution is -2.31. The van der Waals surface area contributed by atoms with Crippen LogP contribution in [0.25, 0.3) is 11.1 Å². The maximum absolute atomic E-state index is 11.6. The fourth-order valence-corrected chi connectivity index (χ4v) is 4.77. The fourth-order valence-electron chi connectivity index (χ4n) is 3.94. The van der Waals surface area contributed by atoms with Crippen molar-refractivity contribution in [1.29, 1.82) is 0 Å². The summed E-state index contributed by atoms with van der Waals surface area (Å²) in [6, 6.07) is 4.42. The van der Waals surface area contributed by atoms with E-state index in [-0.39, 0.29) is 10.8 Å². The molecule has 166 valence electrons. The van der Waals surface area contributed by atoms with Crippen molar-refractivity contribution in [2.45, 2.75) is 99.7 Å². The standard InChI is InChI=1S/C27H42O2Si/c1-16-14-20(26(5,6)7)24(28)22(18(16)3)23-19(4)17(2)15-21(27(8,9)10)25(23)29-30(11,12)13/h14-15,28H,1-13H3. The zero-order valence-electron chi connectivity index (χ0n) is 21.5. The lowest BCUT2D eigenvalue weighted by atomic mass is 9.78. The summed E-state index contributed by atoms with van der Waals surface area (Å²) in [5.74, 6) is 1.34. The van der Waals surface area contributed by atoms with Gasteiger partial charge in [-0.1, -0.05) is 53.7 Å². The highest BCUT2D eigenvalue weighted by atomic mass is 28.4. The van der Waals surface area contributed by atoms with Gasteiger partial charge >= 0.3 is 0 Å². The first-order chi connectivity index (χ1) is 13.4. The molecule has 30 heavy (non-hydrogen) atoms. The van der Waals surface area contributed by atoms with Crippen LogP contribution in [0, 0.1) is 27.7 Å². The lowest BCUT2D eigenvalue weighted by Gasteiger charge is -2.33. The molecule has 0 heterocycles. The summed E-state index contributed by atoms with van der Waals surface area (Å²) in [7, 11) is -1.89. The van der Waals surface area contributed by atoms with Crippen LogP contribution in [0.2, 0.25) is 19.6 Å². The number of aromatic hydroxyl groups is 1. The summed E-state index contributed by atoms with van der Waals surface area (Å²) < 4.78 is 6.78. The van der Waals surface area contributed by atoms with E-state index in [4.69, 9.17) is 4.43 Å². The number of phenols is 1. The van der Waals surface area contributed by atoms with E-state index in [2.05, 4.69) is 101 Å². The molecule has 0 aliphatic rings.